The molecule has 2 saturated carbocycles. The molecule has 0 saturated heterocycles. The second-order valence-electron chi connectivity index (χ2n) is 4.46. The van der Waals surface area contributed by atoms with Gasteiger partial charge < -0.3 is 4.74 Å². The zero-order valence-electron chi connectivity index (χ0n) is 8.09. The summed E-state index contributed by atoms with van der Waals surface area (Å²) in [6.45, 7) is 4.13. The number of rotatable bonds is 2. The van der Waals surface area contributed by atoms with E-state index >= 15 is 0 Å². The highest BCUT2D eigenvalue weighted by molar-refractivity contribution is 6.51. The maximum absolute atomic E-state index is 6.18. The summed E-state index contributed by atoms with van der Waals surface area (Å²) in [5.41, 5.74) is 0. The lowest BCUT2D eigenvalue weighted by atomic mass is 9.98. The molecule has 0 aromatic rings. The van der Waals surface area contributed by atoms with E-state index in [0.29, 0.717) is 17.9 Å². The number of alkyl halides is 2. The van der Waals surface area contributed by atoms with Crippen molar-refractivity contribution in [2.45, 2.75) is 49.7 Å². The van der Waals surface area contributed by atoms with Crippen LogP contribution in [0.25, 0.3) is 0 Å². The van der Waals surface area contributed by atoms with Crippen molar-refractivity contribution in [3.8, 4) is 0 Å². The fourth-order valence-corrected chi connectivity index (χ4v) is 3.47. The molecule has 2 aliphatic rings. The average molecular weight is 223 g/mol. The molecule has 0 radical (unpaired) electrons. The fraction of sp³-hybridized carbons (Fsp3) is 1.00. The Bertz CT molecular complexity index is 203. The molecule has 2 rings (SSSR count). The summed E-state index contributed by atoms with van der Waals surface area (Å²) in [4.78, 5) is 0. The van der Waals surface area contributed by atoms with Crippen LogP contribution in [0.5, 0.6) is 0 Å². The molecule has 0 spiro atoms. The smallest absolute Gasteiger partial charge is 0.127 e. The van der Waals surface area contributed by atoms with Gasteiger partial charge in [0.1, 0.15) is 4.33 Å². The number of fused-ring (bicyclic) bond motifs is 1. The Morgan fingerprint density at radius 2 is 2.00 bits per heavy atom. The summed E-state index contributed by atoms with van der Waals surface area (Å²) in [6.07, 6.45) is 4.10. The minimum atomic E-state index is -0.476. The molecule has 0 aromatic heterocycles. The summed E-state index contributed by atoms with van der Waals surface area (Å²) in [5, 5.41) is 0. The SMILES string of the molecule is CC(C)OC1CCCC2C1C2(Cl)Cl. The first-order chi connectivity index (χ1) is 6.03. The van der Waals surface area contributed by atoms with Crippen molar-refractivity contribution < 1.29 is 4.74 Å². The van der Waals surface area contributed by atoms with Gasteiger partial charge in [-0.3, -0.25) is 0 Å². The molecule has 2 aliphatic carbocycles. The monoisotopic (exact) mass is 222 g/mol. The number of hydrogen-bond acceptors (Lipinski definition) is 1. The van der Waals surface area contributed by atoms with Gasteiger partial charge in [-0.1, -0.05) is 6.42 Å². The van der Waals surface area contributed by atoms with Gasteiger partial charge in [0.2, 0.25) is 0 Å². The summed E-state index contributed by atoms with van der Waals surface area (Å²) >= 11 is 12.4. The lowest BCUT2D eigenvalue weighted by Crippen LogP contribution is -2.24. The third kappa shape index (κ3) is 1.71. The van der Waals surface area contributed by atoms with Crippen LogP contribution in [0.1, 0.15) is 33.1 Å². The van der Waals surface area contributed by atoms with E-state index in [9.17, 15) is 0 Å². The van der Waals surface area contributed by atoms with Gasteiger partial charge in [0.15, 0.2) is 0 Å². The summed E-state index contributed by atoms with van der Waals surface area (Å²) in [5.74, 6) is 0.889. The van der Waals surface area contributed by atoms with Gasteiger partial charge in [-0.2, -0.15) is 0 Å². The van der Waals surface area contributed by atoms with Crippen LogP contribution >= 0.6 is 23.2 Å². The largest absolute Gasteiger partial charge is 0.375 e. The Hall–Kier alpha value is 0.540. The van der Waals surface area contributed by atoms with Crippen molar-refractivity contribution in [3.05, 3.63) is 0 Å². The van der Waals surface area contributed by atoms with E-state index in [2.05, 4.69) is 13.8 Å². The standard InChI is InChI=1S/C10H16Cl2O/c1-6(2)13-8-5-3-4-7-9(8)10(7,11)12/h6-9H,3-5H2,1-2H3. The van der Waals surface area contributed by atoms with E-state index in [-0.39, 0.29) is 6.10 Å². The molecule has 0 bridgehead atoms. The molecule has 0 heterocycles. The predicted octanol–water partition coefficient (Wildman–Crippen LogP) is 3.38. The molecule has 0 N–H and O–H groups in total. The minimum Gasteiger partial charge on any atom is -0.375 e. The summed E-state index contributed by atoms with van der Waals surface area (Å²) in [6, 6.07) is 0. The van der Waals surface area contributed by atoms with Crippen LogP contribution in [0, 0.1) is 11.8 Å². The highest BCUT2D eigenvalue weighted by Gasteiger charge is 2.67. The van der Waals surface area contributed by atoms with Crippen LogP contribution in [0.2, 0.25) is 0 Å². The molecule has 3 heteroatoms. The average Bonchev–Trinajstić information content (AvgIpc) is 2.55. The molecular formula is C10H16Cl2O. The lowest BCUT2D eigenvalue weighted by molar-refractivity contribution is -0.0211. The fourth-order valence-electron chi connectivity index (χ4n) is 2.52. The maximum atomic E-state index is 6.18. The Kier molecular flexibility index (Phi) is 2.55. The van der Waals surface area contributed by atoms with Crippen LogP contribution in [0.4, 0.5) is 0 Å². The molecular weight excluding hydrogens is 207 g/mol. The first-order valence-corrected chi connectivity index (χ1v) is 5.82. The van der Waals surface area contributed by atoms with Gasteiger partial charge in [0.05, 0.1) is 12.2 Å². The van der Waals surface area contributed by atoms with Crippen molar-refractivity contribution in [3.63, 3.8) is 0 Å². The zero-order chi connectivity index (χ0) is 9.64. The number of hydrogen-bond donors (Lipinski definition) is 0. The topological polar surface area (TPSA) is 9.23 Å². The van der Waals surface area contributed by atoms with Crippen molar-refractivity contribution in [1.82, 2.24) is 0 Å². The molecule has 3 atom stereocenters. The van der Waals surface area contributed by atoms with Crippen LogP contribution in [-0.2, 0) is 4.74 Å². The van der Waals surface area contributed by atoms with Crippen LogP contribution in [-0.4, -0.2) is 16.5 Å². The Balaban J connectivity index is 1.98. The van der Waals surface area contributed by atoms with Crippen LogP contribution in [0.3, 0.4) is 0 Å². The second kappa shape index (κ2) is 3.29. The Morgan fingerprint density at radius 3 is 2.62 bits per heavy atom. The van der Waals surface area contributed by atoms with Gasteiger partial charge >= 0.3 is 0 Å². The van der Waals surface area contributed by atoms with E-state index in [1.807, 2.05) is 0 Å². The molecule has 13 heavy (non-hydrogen) atoms. The molecule has 0 aromatic carbocycles. The van der Waals surface area contributed by atoms with Crippen molar-refractivity contribution in [2.75, 3.05) is 0 Å². The highest BCUT2D eigenvalue weighted by atomic mass is 35.5. The van der Waals surface area contributed by atoms with Gasteiger partial charge in [-0.15, -0.1) is 23.2 Å². The first kappa shape index (κ1) is 10.1. The van der Waals surface area contributed by atoms with Gasteiger partial charge in [-0.05, 0) is 26.7 Å². The zero-order valence-corrected chi connectivity index (χ0v) is 9.61. The van der Waals surface area contributed by atoms with E-state index in [1.165, 1.54) is 12.8 Å². The van der Waals surface area contributed by atoms with Crippen molar-refractivity contribution in [2.24, 2.45) is 11.8 Å². The molecule has 3 unspecified atom stereocenters. The Morgan fingerprint density at radius 1 is 1.31 bits per heavy atom. The quantitative estimate of drug-likeness (QED) is 0.652. The number of halogens is 2. The van der Waals surface area contributed by atoms with Crippen LogP contribution < -0.4 is 0 Å². The summed E-state index contributed by atoms with van der Waals surface area (Å²) < 4.78 is 5.34. The lowest BCUT2D eigenvalue weighted by Gasteiger charge is -2.23. The number of ether oxygens (including phenoxy) is 1. The predicted molar refractivity (Wildman–Crippen MR) is 55.3 cm³/mol. The van der Waals surface area contributed by atoms with Gasteiger partial charge in [0, 0.05) is 11.8 Å². The van der Waals surface area contributed by atoms with Gasteiger partial charge in [0.25, 0.3) is 0 Å². The molecule has 76 valence electrons. The summed E-state index contributed by atoms with van der Waals surface area (Å²) in [7, 11) is 0. The minimum absolute atomic E-state index is 0.286. The van der Waals surface area contributed by atoms with E-state index < -0.39 is 4.33 Å². The maximum Gasteiger partial charge on any atom is 0.127 e. The third-order valence-corrected chi connectivity index (χ3v) is 4.18. The van der Waals surface area contributed by atoms with E-state index in [0.717, 1.165) is 6.42 Å². The normalized spacial score (nSPS) is 41.8. The van der Waals surface area contributed by atoms with Crippen molar-refractivity contribution >= 4 is 23.2 Å². The molecule has 0 aliphatic heterocycles. The Labute approximate surface area is 89.7 Å². The molecule has 0 amide bonds. The van der Waals surface area contributed by atoms with Gasteiger partial charge in [-0.25, -0.2) is 0 Å². The molecule has 1 nitrogen and oxygen atoms in total. The van der Waals surface area contributed by atoms with E-state index in [1.54, 1.807) is 0 Å². The van der Waals surface area contributed by atoms with Crippen molar-refractivity contribution in [1.29, 1.82) is 0 Å². The second-order valence-corrected chi connectivity index (χ2v) is 5.91. The van der Waals surface area contributed by atoms with Crippen LogP contribution in [0.15, 0.2) is 0 Å². The molecule has 2 fully saturated rings. The highest BCUT2D eigenvalue weighted by Crippen LogP contribution is 2.65. The first-order valence-electron chi connectivity index (χ1n) is 5.06. The third-order valence-electron chi connectivity index (χ3n) is 3.11. The van der Waals surface area contributed by atoms with E-state index in [4.69, 9.17) is 27.9 Å².